The Hall–Kier alpha value is -1.62. The van der Waals surface area contributed by atoms with E-state index in [0.29, 0.717) is 26.1 Å². The van der Waals surface area contributed by atoms with Gasteiger partial charge in [-0.1, -0.05) is 12.1 Å². The molecule has 4 nitrogen and oxygen atoms in total. The Balaban J connectivity index is 1.80. The number of likely N-dealkylation sites (tertiary alicyclic amines) is 1. The van der Waals surface area contributed by atoms with Crippen LogP contribution in [0, 0.1) is 5.82 Å². The average molecular weight is 239 g/mol. The van der Waals surface area contributed by atoms with Gasteiger partial charge in [0.25, 0.3) is 0 Å². The van der Waals surface area contributed by atoms with E-state index in [0.717, 1.165) is 5.56 Å². The molecule has 2 rings (SSSR count). The van der Waals surface area contributed by atoms with Crippen molar-refractivity contribution in [2.45, 2.75) is 19.1 Å². The molecule has 1 fully saturated rings. The SMILES string of the molecule is O=C(O)N1CCC(OCc2ccc(F)cc2)C1. The molecule has 17 heavy (non-hydrogen) atoms. The van der Waals surface area contributed by atoms with Crippen LogP contribution in [0.1, 0.15) is 12.0 Å². The summed E-state index contributed by atoms with van der Waals surface area (Å²) in [5, 5.41) is 8.78. The van der Waals surface area contributed by atoms with Crippen molar-refractivity contribution in [3.63, 3.8) is 0 Å². The number of rotatable bonds is 3. The maximum atomic E-state index is 12.7. The zero-order valence-electron chi connectivity index (χ0n) is 9.30. The highest BCUT2D eigenvalue weighted by Crippen LogP contribution is 2.15. The lowest BCUT2D eigenvalue weighted by atomic mass is 10.2. The standard InChI is InChI=1S/C12H14FNO3/c13-10-3-1-9(2-4-10)8-17-11-5-6-14(7-11)12(15)16/h1-4,11H,5-8H2,(H,15,16). The first-order chi connectivity index (χ1) is 8.15. The minimum absolute atomic E-state index is 0.0591. The quantitative estimate of drug-likeness (QED) is 0.878. The monoisotopic (exact) mass is 239 g/mol. The molecule has 1 aliphatic heterocycles. The molecule has 1 saturated heterocycles. The summed E-state index contributed by atoms with van der Waals surface area (Å²) in [4.78, 5) is 12.0. The zero-order chi connectivity index (χ0) is 12.3. The van der Waals surface area contributed by atoms with Gasteiger partial charge in [0.05, 0.1) is 19.3 Å². The second-order valence-corrected chi connectivity index (χ2v) is 4.08. The molecular formula is C12H14FNO3. The summed E-state index contributed by atoms with van der Waals surface area (Å²) in [5.41, 5.74) is 0.889. The molecule has 1 heterocycles. The predicted octanol–water partition coefficient (Wildman–Crippen LogP) is 2.09. The third kappa shape index (κ3) is 3.17. The molecule has 1 aliphatic rings. The Labute approximate surface area is 98.6 Å². The fourth-order valence-corrected chi connectivity index (χ4v) is 1.83. The lowest BCUT2D eigenvalue weighted by molar-refractivity contribution is 0.0466. The van der Waals surface area contributed by atoms with Crippen molar-refractivity contribution in [3.8, 4) is 0 Å². The van der Waals surface area contributed by atoms with E-state index < -0.39 is 6.09 Å². The van der Waals surface area contributed by atoms with Crippen molar-refractivity contribution in [1.29, 1.82) is 0 Å². The van der Waals surface area contributed by atoms with E-state index in [2.05, 4.69) is 0 Å². The molecule has 0 spiro atoms. The van der Waals surface area contributed by atoms with E-state index in [1.165, 1.54) is 17.0 Å². The van der Waals surface area contributed by atoms with Crippen molar-refractivity contribution in [2.24, 2.45) is 0 Å². The van der Waals surface area contributed by atoms with E-state index in [-0.39, 0.29) is 11.9 Å². The third-order valence-electron chi connectivity index (χ3n) is 2.81. The van der Waals surface area contributed by atoms with E-state index in [4.69, 9.17) is 9.84 Å². The topological polar surface area (TPSA) is 49.8 Å². The maximum absolute atomic E-state index is 12.7. The normalized spacial score (nSPS) is 19.6. The van der Waals surface area contributed by atoms with Crippen molar-refractivity contribution in [2.75, 3.05) is 13.1 Å². The van der Waals surface area contributed by atoms with Crippen LogP contribution < -0.4 is 0 Å². The van der Waals surface area contributed by atoms with Crippen LogP contribution in [0.4, 0.5) is 9.18 Å². The third-order valence-corrected chi connectivity index (χ3v) is 2.81. The molecular weight excluding hydrogens is 225 g/mol. The number of halogens is 1. The van der Waals surface area contributed by atoms with Gasteiger partial charge in [-0.2, -0.15) is 0 Å². The van der Waals surface area contributed by atoms with Crippen LogP contribution in [0.15, 0.2) is 24.3 Å². The van der Waals surface area contributed by atoms with E-state index in [1.54, 1.807) is 12.1 Å². The summed E-state index contributed by atoms with van der Waals surface area (Å²) in [6.45, 7) is 1.32. The number of amides is 1. The van der Waals surface area contributed by atoms with Gasteiger partial charge in [0.15, 0.2) is 0 Å². The number of nitrogens with zero attached hydrogens (tertiary/aromatic N) is 1. The molecule has 1 N–H and O–H groups in total. The molecule has 1 atom stereocenters. The van der Waals surface area contributed by atoms with Gasteiger partial charge in [0.2, 0.25) is 0 Å². The molecule has 0 saturated carbocycles. The van der Waals surface area contributed by atoms with Crippen molar-refractivity contribution in [3.05, 3.63) is 35.6 Å². The maximum Gasteiger partial charge on any atom is 0.407 e. The summed E-state index contributed by atoms with van der Waals surface area (Å²) in [5.74, 6) is -0.272. The van der Waals surface area contributed by atoms with E-state index >= 15 is 0 Å². The number of hydrogen-bond donors (Lipinski definition) is 1. The van der Waals surface area contributed by atoms with Gasteiger partial charge in [0, 0.05) is 6.54 Å². The smallest absolute Gasteiger partial charge is 0.407 e. The van der Waals surface area contributed by atoms with Gasteiger partial charge in [-0.25, -0.2) is 9.18 Å². The number of benzene rings is 1. The van der Waals surface area contributed by atoms with Gasteiger partial charge in [0.1, 0.15) is 5.82 Å². The van der Waals surface area contributed by atoms with Crippen LogP contribution in [0.3, 0.4) is 0 Å². The zero-order valence-corrected chi connectivity index (χ0v) is 9.30. The summed E-state index contributed by atoms with van der Waals surface area (Å²) >= 11 is 0. The summed E-state index contributed by atoms with van der Waals surface area (Å²) in [7, 11) is 0. The molecule has 0 aliphatic carbocycles. The highest BCUT2D eigenvalue weighted by molar-refractivity contribution is 5.65. The van der Waals surface area contributed by atoms with Gasteiger partial charge >= 0.3 is 6.09 Å². The summed E-state index contributed by atoms with van der Waals surface area (Å²) < 4.78 is 18.2. The molecule has 5 heteroatoms. The lowest BCUT2D eigenvalue weighted by Gasteiger charge is -2.13. The average Bonchev–Trinajstić information content (AvgIpc) is 2.77. The van der Waals surface area contributed by atoms with Crippen LogP contribution in [-0.2, 0) is 11.3 Å². The molecule has 0 aromatic heterocycles. The molecule has 92 valence electrons. The van der Waals surface area contributed by atoms with Crippen molar-refractivity contribution < 1.29 is 19.0 Å². The van der Waals surface area contributed by atoms with Crippen LogP contribution in [0.2, 0.25) is 0 Å². The fraction of sp³-hybridized carbons (Fsp3) is 0.417. The molecule has 1 amide bonds. The molecule has 1 unspecified atom stereocenters. The van der Waals surface area contributed by atoms with Crippen molar-refractivity contribution >= 4 is 6.09 Å². The molecule has 1 aromatic rings. The first-order valence-corrected chi connectivity index (χ1v) is 5.49. The van der Waals surface area contributed by atoms with Gasteiger partial charge in [-0.05, 0) is 24.1 Å². The lowest BCUT2D eigenvalue weighted by Crippen LogP contribution is -2.28. The van der Waals surface area contributed by atoms with Gasteiger partial charge in [-0.3, -0.25) is 0 Å². The van der Waals surface area contributed by atoms with Crippen LogP contribution in [0.5, 0.6) is 0 Å². The van der Waals surface area contributed by atoms with Crippen LogP contribution >= 0.6 is 0 Å². The predicted molar refractivity (Wildman–Crippen MR) is 59.2 cm³/mol. The second kappa shape index (κ2) is 5.14. The minimum Gasteiger partial charge on any atom is -0.465 e. The molecule has 0 radical (unpaired) electrons. The largest absolute Gasteiger partial charge is 0.465 e. The van der Waals surface area contributed by atoms with Crippen LogP contribution in [0.25, 0.3) is 0 Å². The number of ether oxygens (including phenoxy) is 1. The highest BCUT2D eigenvalue weighted by atomic mass is 19.1. The first-order valence-electron chi connectivity index (χ1n) is 5.49. The molecule has 0 bridgehead atoms. The molecule has 1 aromatic carbocycles. The Bertz CT molecular complexity index is 393. The van der Waals surface area contributed by atoms with E-state index in [9.17, 15) is 9.18 Å². The second-order valence-electron chi connectivity index (χ2n) is 4.08. The van der Waals surface area contributed by atoms with E-state index in [1.807, 2.05) is 0 Å². The Morgan fingerprint density at radius 1 is 1.47 bits per heavy atom. The van der Waals surface area contributed by atoms with Crippen molar-refractivity contribution in [1.82, 2.24) is 4.90 Å². The first kappa shape index (κ1) is 11.9. The fourth-order valence-electron chi connectivity index (χ4n) is 1.83. The van der Waals surface area contributed by atoms with Gasteiger partial charge < -0.3 is 14.7 Å². The number of carboxylic acid groups (broad SMARTS) is 1. The number of carbonyl (C=O) groups is 1. The van der Waals surface area contributed by atoms with Gasteiger partial charge in [-0.15, -0.1) is 0 Å². The minimum atomic E-state index is -0.905. The number of hydrogen-bond acceptors (Lipinski definition) is 2. The Kier molecular flexibility index (Phi) is 3.58. The summed E-state index contributed by atoms with van der Waals surface area (Å²) in [6.07, 6.45) is -0.248. The highest BCUT2D eigenvalue weighted by Gasteiger charge is 2.26. The Morgan fingerprint density at radius 2 is 2.18 bits per heavy atom. The van der Waals surface area contributed by atoms with Crippen LogP contribution in [-0.4, -0.2) is 35.3 Å². The summed E-state index contributed by atoms with van der Waals surface area (Å²) in [6, 6.07) is 6.10. The Morgan fingerprint density at radius 3 is 2.76 bits per heavy atom.